The van der Waals surface area contributed by atoms with Crippen molar-refractivity contribution in [1.29, 1.82) is 0 Å². The van der Waals surface area contributed by atoms with Gasteiger partial charge in [0, 0.05) is 18.0 Å². The Morgan fingerprint density at radius 2 is 2.08 bits per heavy atom. The summed E-state index contributed by atoms with van der Waals surface area (Å²) >= 11 is 1.69. The molecule has 2 amide bonds. The fourth-order valence-corrected chi connectivity index (χ4v) is 3.43. The van der Waals surface area contributed by atoms with Crippen LogP contribution in [0, 0.1) is 0 Å². The maximum Gasteiger partial charge on any atom is 0.315 e. The minimum absolute atomic E-state index is 0.168. The fraction of sp³-hybridized carbons (Fsp3) is 0.353. The predicted molar refractivity (Wildman–Crippen MR) is 93.6 cm³/mol. The van der Waals surface area contributed by atoms with E-state index in [1.165, 1.54) is 4.88 Å². The SMILES string of the molecule is CN(C)[C@H](CNC(=O)NCc1ccc2c(c1)OCO2)c1cccs1. The number of urea groups is 1. The zero-order valence-electron chi connectivity index (χ0n) is 13.7. The van der Waals surface area contributed by atoms with Gasteiger partial charge in [0.15, 0.2) is 11.5 Å². The third-order valence-electron chi connectivity index (χ3n) is 3.84. The van der Waals surface area contributed by atoms with Crippen LogP contribution in [-0.4, -0.2) is 38.4 Å². The minimum atomic E-state index is -0.184. The Balaban J connectivity index is 1.49. The van der Waals surface area contributed by atoms with Crippen molar-refractivity contribution in [3.63, 3.8) is 0 Å². The van der Waals surface area contributed by atoms with E-state index in [0.29, 0.717) is 13.1 Å². The summed E-state index contributed by atoms with van der Waals surface area (Å²) in [4.78, 5) is 15.4. The third-order valence-corrected chi connectivity index (χ3v) is 4.81. The molecule has 2 heterocycles. The van der Waals surface area contributed by atoms with Crippen molar-refractivity contribution in [2.24, 2.45) is 0 Å². The van der Waals surface area contributed by atoms with Gasteiger partial charge in [-0.1, -0.05) is 12.1 Å². The minimum Gasteiger partial charge on any atom is -0.454 e. The van der Waals surface area contributed by atoms with E-state index in [2.05, 4.69) is 21.6 Å². The quantitative estimate of drug-likeness (QED) is 0.843. The van der Waals surface area contributed by atoms with Gasteiger partial charge in [-0.25, -0.2) is 4.79 Å². The molecule has 2 N–H and O–H groups in total. The lowest BCUT2D eigenvalue weighted by Gasteiger charge is -2.23. The van der Waals surface area contributed by atoms with Crippen LogP contribution in [0.4, 0.5) is 4.79 Å². The first-order chi connectivity index (χ1) is 11.6. The highest BCUT2D eigenvalue weighted by molar-refractivity contribution is 7.10. The Morgan fingerprint density at radius 3 is 2.83 bits per heavy atom. The number of hydrogen-bond acceptors (Lipinski definition) is 5. The number of thiophene rings is 1. The van der Waals surface area contributed by atoms with E-state index in [1.54, 1.807) is 11.3 Å². The number of nitrogens with one attached hydrogen (secondary N) is 2. The van der Waals surface area contributed by atoms with Gasteiger partial charge in [0.05, 0.1) is 6.04 Å². The second kappa shape index (κ2) is 7.55. The number of benzene rings is 1. The Hall–Kier alpha value is -2.25. The number of amides is 2. The summed E-state index contributed by atoms with van der Waals surface area (Å²) in [7, 11) is 4.02. The standard InChI is InChI=1S/C17H21N3O3S/c1-20(2)13(16-4-3-7-24-16)10-19-17(21)18-9-12-5-6-14-15(8-12)23-11-22-14/h3-8,13H,9-11H2,1-2H3,(H2,18,19,21)/t13-/m1/s1. The first-order valence-corrected chi connectivity index (χ1v) is 8.61. The molecule has 0 saturated heterocycles. The number of carbonyl (C=O) groups excluding carboxylic acids is 1. The predicted octanol–water partition coefficient (Wildman–Crippen LogP) is 2.58. The van der Waals surface area contributed by atoms with Crippen molar-refractivity contribution >= 4 is 17.4 Å². The topological polar surface area (TPSA) is 62.8 Å². The molecule has 0 saturated carbocycles. The zero-order valence-corrected chi connectivity index (χ0v) is 14.6. The van der Waals surface area contributed by atoms with Crippen LogP contribution >= 0.6 is 11.3 Å². The summed E-state index contributed by atoms with van der Waals surface area (Å²) < 4.78 is 10.6. The molecule has 0 bridgehead atoms. The lowest BCUT2D eigenvalue weighted by atomic mass is 10.2. The Bertz CT molecular complexity index is 688. The molecular formula is C17H21N3O3S. The largest absolute Gasteiger partial charge is 0.454 e. The van der Waals surface area contributed by atoms with Crippen LogP contribution in [0.5, 0.6) is 11.5 Å². The fourth-order valence-electron chi connectivity index (χ4n) is 2.50. The lowest BCUT2D eigenvalue weighted by Crippen LogP contribution is -2.40. The summed E-state index contributed by atoms with van der Waals surface area (Å²) in [6.45, 7) is 1.25. The molecule has 24 heavy (non-hydrogen) atoms. The second-order valence-electron chi connectivity index (χ2n) is 5.75. The van der Waals surface area contributed by atoms with Crippen LogP contribution in [0.15, 0.2) is 35.7 Å². The van der Waals surface area contributed by atoms with E-state index in [4.69, 9.17) is 9.47 Å². The average molecular weight is 347 g/mol. The van der Waals surface area contributed by atoms with Gasteiger partial charge in [-0.2, -0.15) is 0 Å². The molecule has 0 radical (unpaired) electrons. The lowest BCUT2D eigenvalue weighted by molar-refractivity contribution is 0.174. The first kappa shape index (κ1) is 16.6. The smallest absolute Gasteiger partial charge is 0.315 e. The van der Waals surface area contributed by atoms with Crippen molar-refractivity contribution in [2.75, 3.05) is 27.4 Å². The molecule has 0 unspecified atom stereocenters. The molecule has 1 aliphatic heterocycles. The number of hydrogen-bond donors (Lipinski definition) is 2. The van der Waals surface area contributed by atoms with Crippen LogP contribution < -0.4 is 20.1 Å². The van der Waals surface area contributed by atoms with Crippen molar-refractivity contribution in [3.8, 4) is 11.5 Å². The average Bonchev–Trinajstić information content (AvgIpc) is 3.23. The molecule has 2 aromatic rings. The molecule has 0 fully saturated rings. The van der Waals surface area contributed by atoms with Gasteiger partial charge in [0.25, 0.3) is 0 Å². The Kier molecular flexibility index (Phi) is 5.22. The van der Waals surface area contributed by atoms with Gasteiger partial charge in [0.2, 0.25) is 6.79 Å². The van der Waals surface area contributed by atoms with Crippen molar-refractivity contribution < 1.29 is 14.3 Å². The van der Waals surface area contributed by atoms with Gasteiger partial charge in [-0.3, -0.25) is 0 Å². The highest BCUT2D eigenvalue weighted by Crippen LogP contribution is 2.32. The zero-order chi connectivity index (χ0) is 16.9. The molecule has 0 aliphatic carbocycles. The van der Waals surface area contributed by atoms with Gasteiger partial charge in [-0.05, 0) is 43.2 Å². The molecule has 1 aromatic carbocycles. The number of likely N-dealkylation sites (N-methyl/N-ethyl adjacent to an activating group) is 1. The maximum atomic E-state index is 12.1. The van der Waals surface area contributed by atoms with Crippen molar-refractivity contribution in [2.45, 2.75) is 12.6 Å². The molecule has 1 aromatic heterocycles. The van der Waals surface area contributed by atoms with Crippen LogP contribution in [-0.2, 0) is 6.54 Å². The van der Waals surface area contributed by atoms with Gasteiger partial charge in [-0.15, -0.1) is 11.3 Å². The van der Waals surface area contributed by atoms with Gasteiger partial charge in [0.1, 0.15) is 0 Å². The van der Waals surface area contributed by atoms with Crippen LogP contribution in [0.1, 0.15) is 16.5 Å². The number of nitrogens with zero attached hydrogens (tertiary/aromatic N) is 1. The monoisotopic (exact) mass is 347 g/mol. The molecule has 1 aliphatic rings. The Labute approximate surface area is 145 Å². The number of carbonyl (C=O) groups is 1. The van der Waals surface area contributed by atoms with E-state index < -0.39 is 0 Å². The van der Waals surface area contributed by atoms with E-state index >= 15 is 0 Å². The van der Waals surface area contributed by atoms with Crippen LogP contribution in [0.2, 0.25) is 0 Å². The third kappa shape index (κ3) is 3.98. The van der Waals surface area contributed by atoms with Crippen molar-refractivity contribution in [1.82, 2.24) is 15.5 Å². The molecule has 1 atom stereocenters. The van der Waals surface area contributed by atoms with Gasteiger partial charge < -0.3 is 25.0 Å². The summed E-state index contributed by atoms with van der Waals surface area (Å²) in [5, 5.41) is 7.85. The molecule has 3 rings (SSSR count). The normalized spacial score (nSPS) is 13.8. The van der Waals surface area contributed by atoms with Crippen LogP contribution in [0.25, 0.3) is 0 Å². The number of ether oxygens (including phenoxy) is 2. The van der Waals surface area contributed by atoms with E-state index in [-0.39, 0.29) is 18.9 Å². The molecule has 0 spiro atoms. The molecule has 6 nitrogen and oxygen atoms in total. The summed E-state index contributed by atoms with van der Waals surface area (Å²) in [5.41, 5.74) is 0.969. The summed E-state index contributed by atoms with van der Waals surface area (Å²) in [5.74, 6) is 1.47. The highest BCUT2D eigenvalue weighted by Gasteiger charge is 2.16. The number of fused-ring (bicyclic) bond motifs is 1. The summed E-state index contributed by atoms with van der Waals surface area (Å²) in [6.07, 6.45) is 0. The molecular weight excluding hydrogens is 326 g/mol. The Morgan fingerprint density at radius 1 is 1.25 bits per heavy atom. The van der Waals surface area contributed by atoms with E-state index in [0.717, 1.165) is 17.1 Å². The highest BCUT2D eigenvalue weighted by atomic mass is 32.1. The van der Waals surface area contributed by atoms with E-state index in [9.17, 15) is 4.79 Å². The summed E-state index contributed by atoms with van der Waals surface area (Å²) in [6, 6.07) is 9.75. The van der Waals surface area contributed by atoms with Crippen LogP contribution in [0.3, 0.4) is 0 Å². The molecule has 128 valence electrons. The van der Waals surface area contributed by atoms with Crippen molar-refractivity contribution in [3.05, 3.63) is 46.2 Å². The maximum absolute atomic E-state index is 12.1. The first-order valence-electron chi connectivity index (χ1n) is 7.73. The number of rotatable bonds is 6. The molecule has 7 heteroatoms. The second-order valence-corrected chi connectivity index (χ2v) is 6.73. The van der Waals surface area contributed by atoms with Gasteiger partial charge >= 0.3 is 6.03 Å². The van der Waals surface area contributed by atoms with E-state index in [1.807, 2.05) is 43.7 Å².